The van der Waals surface area contributed by atoms with Crippen LogP contribution in [0.2, 0.25) is 0 Å². The lowest BCUT2D eigenvalue weighted by molar-refractivity contribution is -0.384. The minimum Gasteiger partial charge on any atom is -0.372 e. The first kappa shape index (κ1) is 14.3. The molecule has 6 heteroatoms. The Morgan fingerprint density at radius 2 is 2.00 bits per heavy atom. The Labute approximate surface area is 104 Å². The van der Waals surface area contributed by atoms with E-state index in [9.17, 15) is 18.9 Å². The van der Waals surface area contributed by atoms with Gasteiger partial charge in [0.25, 0.3) is 5.69 Å². The van der Waals surface area contributed by atoms with E-state index in [-0.39, 0.29) is 0 Å². The first-order chi connectivity index (χ1) is 8.28. The van der Waals surface area contributed by atoms with Crippen LogP contribution in [0.15, 0.2) is 12.1 Å². The average Bonchev–Trinajstić information content (AvgIpc) is 2.24. The zero-order valence-corrected chi connectivity index (χ0v) is 10.6. The van der Waals surface area contributed by atoms with Gasteiger partial charge in [0.2, 0.25) is 0 Å². The molecular formula is C12H16F2N2O2. The van der Waals surface area contributed by atoms with Crippen LogP contribution < -0.4 is 5.32 Å². The Morgan fingerprint density at radius 3 is 2.50 bits per heavy atom. The lowest BCUT2D eigenvalue weighted by atomic mass is 9.98. The molecule has 0 atom stereocenters. The molecule has 0 amide bonds. The molecule has 0 heterocycles. The normalized spacial score (nSPS) is 11.4. The maximum Gasteiger partial charge on any atom is 0.295 e. The summed E-state index contributed by atoms with van der Waals surface area (Å²) in [4.78, 5) is 10.1. The van der Waals surface area contributed by atoms with Crippen molar-refractivity contribution in [1.29, 1.82) is 0 Å². The molecule has 0 bridgehead atoms. The van der Waals surface area contributed by atoms with Gasteiger partial charge in [-0.1, -0.05) is 13.3 Å². The molecule has 100 valence electrons. The fraction of sp³-hybridized carbons (Fsp3) is 0.500. The highest BCUT2D eigenvalue weighted by Gasteiger charge is 2.26. The molecule has 0 saturated heterocycles. The van der Waals surface area contributed by atoms with E-state index >= 15 is 0 Å². The standard InChI is InChI=1S/C12H16F2N2O2/c1-4-7-12(2,3)15-11-9(16(17)18)6-5-8(13)10(11)14/h5-6,15H,4,7H2,1-3H3. The number of benzene rings is 1. The Morgan fingerprint density at radius 1 is 1.39 bits per heavy atom. The Balaban J connectivity index is 3.21. The molecule has 0 aliphatic heterocycles. The van der Waals surface area contributed by atoms with E-state index in [0.717, 1.165) is 18.6 Å². The molecular weight excluding hydrogens is 242 g/mol. The number of nitro groups is 1. The van der Waals surface area contributed by atoms with Gasteiger partial charge >= 0.3 is 0 Å². The third-order valence-corrected chi connectivity index (χ3v) is 2.61. The van der Waals surface area contributed by atoms with E-state index in [1.54, 1.807) is 13.8 Å². The van der Waals surface area contributed by atoms with Crippen LogP contribution in [0.3, 0.4) is 0 Å². The highest BCUT2D eigenvalue weighted by Crippen LogP contribution is 2.32. The molecule has 0 spiro atoms. The second-order valence-electron chi connectivity index (χ2n) is 4.77. The van der Waals surface area contributed by atoms with Crippen molar-refractivity contribution in [2.45, 2.75) is 39.2 Å². The zero-order chi connectivity index (χ0) is 13.9. The Kier molecular flexibility index (Phi) is 4.21. The molecule has 0 aromatic heterocycles. The molecule has 0 saturated carbocycles. The first-order valence-corrected chi connectivity index (χ1v) is 5.69. The molecule has 0 fully saturated rings. The average molecular weight is 258 g/mol. The number of hydrogen-bond acceptors (Lipinski definition) is 3. The number of nitrogens with one attached hydrogen (secondary N) is 1. The highest BCUT2D eigenvalue weighted by atomic mass is 19.2. The van der Waals surface area contributed by atoms with Crippen LogP contribution in [0.4, 0.5) is 20.2 Å². The topological polar surface area (TPSA) is 55.2 Å². The van der Waals surface area contributed by atoms with Gasteiger partial charge in [-0.2, -0.15) is 0 Å². The van der Waals surface area contributed by atoms with Crippen LogP contribution in [0.5, 0.6) is 0 Å². The molecule has 0 unspecified atom stereocenters. The summed E-state index contributed by atoms with van der Waals surface area (Å²) in [6.07, 6.45) is 1.50. The van der Waals surface area contributed by atoms with Crippen molar-refractivity contribution < 1.29 is 13.7 Å². The summed E-state index contributed by atoms with van der Waals surface area (Å²) >= 11 is 0. The van der Waals surface area contributed by atoms with Crippen molar-refractivity contribution in [2.24, 2.45) is 0 Å². The van der Waals surface area contributed by atoms with Crippen molar-refractivity contribution >= 4 is 11.4 Å². The molecule has 1 aromatic rings. The molecule has 1 rings (SSSR count). The Hall–Kier alpha value is -1.72. The van der Waals surface area contributed by atoms with Gasteiger partial charge < -0.3 is 5.32 Å². The molecule has 0 radical (unpaired) electrons. The molecule has 4 nitrogen and oxygen atoms in total. The number of nitrogens with zero attached hydrogens (tertiary/aromatic N) is 1. The summed E-state index contributed by atoms with van der Waals surface area (Å²) in [6.45, 7) is 5.51. The highest BCUT2D eigenvalue weighted by molar-refractivity contribution is 5.63. The van der Waals surface area contributed by atoms with E-state index in [4.69, 9.17) is 0 Å². The second kappa shape index (κ2) is 5.29. The van der Waals surface area contributed by atoms with Crippen LogP contribution in [0.1, 0.15) is 33.6 Å². The molecule has 0 aliphatic rings. The maximum atomic E-state index is 13.7. The quantitative estimate of drug-likeness (QED) is 0.644. The van der Waals surface area contributed by atoms with Gasteiger partial charge in [-0.05, 0) is 26.3 Å². The molecule has 18 heavy (non-hydrogen) atoms. The molecule has 1 aromatic carbocycles. The summed E-state index contributed by atoms with van der Waals surface area (Å²) in [6, 6.07) is 1.72. The van der Waals surface area contributed by atoms with Crippen LogP contribution in [0, 0.1) is 21.7 Å². The predicted octanol–water partition coefficient (Wildman–Crippen LogP) is 3.86. The van der Waals surface area contributed by atoms with Gasteiger partial charge in [-0.3, -0.25) is 10.1 Å². The first-order valence-electron chi connectivity index (χ1n) is 5.69. The minimum absolute atomic E-state index is 0.390. The fourth-order valence-electron chi connectivity index (χ4n) is 1.84. The van der Waals surface area contributed by atoms with Gasteiger partial charge in [0.15, 0.2) is 17.3 Å². The Bertz CT molecular complexity index is 462. The van der Waals surface area contributed by atoms with Crippen LogP contribution >= 0.6 is 0 Å². The number of nitro benzene ring substituents is 1. The summed E-state index contributed by atoms with van der Waals surface area (Å²) in [5.41, 5.74) is -1.40. The number of halogens is 2. The van der Waals surface area contributed by atoms with Crippen molar-refractivity contribution in [1.82, 2.24) is 0 Å². The maximum absolute atomic E-state index is 13.7. The lowest BCUT2D eigenvalue weighted by Crippen LogP contribution is -2.31. The summed E-state index contributed by atoms with van der Waals surface area (Å²) < 4.78 is 26.8. The zero-order valence-electron chi connectivity index (χ0n) is 10.6. The van der Waals surface area contributed by atoms with Gasteiger partial charge in [0.05, 0.1) is 4.92 Å². The summed E-state index contributed by atoms with van der Waals surface area (Å²) in [7, 11) is 0. The monoisotopic (exact) mass is 258 g/mol. The van der Waals surface area contributed by atoms with Gasteiger partial charge in [-0.25, -0.2) is 8.78 Å². The van der Waals surface area contributed by atoms with Crippen molar-refractivity contribution in [3.05, 3.63) is 33.9 Å². The number of rotatable bonds is 5. The largest absolute Gasteiger partial charge is 0.372 e. The SMILES string of the molecule is CCCC(C)(C)Nc1c([N+](=O)[O-])ccc(F)c1F. The van der Waals surface area contributed by atoms with E-state index in [0.29, 0.717) is 6.42 Å². The van der Waals surface area contributed by atoms with E-state index in [1.165, 1.54) is 0 Å². The third-order valence-electron chi connectivity index (χ3n) is 2.61. The van der Waals surface area contributed by atoms with Crippen LogP contribution in [-0.4, -0.2) is 10.5 Å². The van der Waals surface area contributed by atoms with E-state index in [1.807, 2.05) is 6.92 Å². The van der Waals surface area contributed by atoms with Crippen molar-refractivity contribution in [2.75, 3.05) is 5.32 Å². The van der Waals surface area contributed by atoms with E-state index < -0.39 is 33.5 Å². The minimum atomic E-state index is -1.21. The van der Waals surface area contributed by atoms with Gasteiger partial charge in [0, 0.05) is 11.6 Å². The molecule has 0 aliphatic carbocycles. The van der Waals surface area contributed by atoms with Crippen molar-refractivity contribution in [3.8, 4) is 0 Å². The van der Waals surface area contributed by atoms with Crippen LogP contribution in [0.25, 0.3) is 0 Å². The summed E-state index contributed by atoms with van der Waals surface area (Å²) in [5.74, 6) is -2.32. The number of hydrogen-bond donors (Lipinski definition) is 1. The molecule has 1 N–H and O–H groups in total. The van der Waals surface area contributed by atoms with Gasteiger partial charge in [-0.15, -0.1) is 0 Å². The van der Waals surface area contributed by atoms with Crippen molar-refractivity contribution in [3.63, 3.8) is 0 Å². The predicted molar refractivity (Wildman–Crippen MR) is 65.6 cm³/mol. The second-order valence-corrected chi connectivity index (χ2v) is 4.77. The summed E-state index contributed by atoms with van der Waals surface area (Å²) in [5, 5.41) is 13.5. The van der Waals surface area contributed by atoms with E-state index in [2.05, 4.69) is 5.32 Å². The van der Waals surface area contributed by atoms with Crippen LogP contribution in [-0.2, 0) is 0 Å². The lowest BCUT2D eigenvalue weighted by Gasteiger charge is -2.27. The van der Waals surface area contributed by atoms with Gasteiger partial charge in [0.1, 0.15) is 0 Å². The third kappa shape index (κ3) is 3.15. The number of anilines is 1. The fourth-order valence-corrected chi connectivity index (χ4v) is 1.84. The smallest absolute Gasteiger partial charge is 0.295 e.